The molecule has 1 atom stereocenters. The van der Waals surface area contributed by atoms with Gasteiger partial charge in [-0.25, -0.2) is 0 Å². The molecule has 3 nitrogen and oxygen atoms in total. The van der Waals surface area contributed by atoms with Crippen molar-refractivity contribution >= 4 is 0 Å². The van der Waals surface area contributed by atoms with Crippen LogP contribution in [0.2, 0.25) is 0 Å². The average Bonchev–Trinajstić information content (AvgIpc) is 2.34. The Hall–Kier alpha value is -0.800. The van der Waals surface area contributed by atoms with E-state index in [1.54, 1.807) is 7.11 Å². The minimum Gasteiger partial charge on any atom is -0.462 e. The van der Waals surface area contributed by atoms with E-state index < -0.39 is 6.23 Å². The fourth-order valence-electron chi connectivity index (χ4n) is 0.722. The highest BCUT2D eigenvalue weighted by Gasteiger charge is 2.06. The van der Waals surface area contributed by atoms with Gasteiger partial charge < -0.3 is 9.15 Å². The monoisotopic (exact) mass is 141 g/mol. The number of nitrogens with two attached hydrogens (primary N) is 1. The molecule has 1 aromatic rings. The number of hydrogen-bond donors (Lipinski definition) is 1. The summed E-state index contributed by atoms with van der Waals surface area (Å²) in [5.41, 5.74) is 5.49. The van der Waals surface area contributed by atoms with Crippen molar-refractivity contribution in [1.82, 2.24) is 0 Å². The van der Waals surface area contributed by atoms with Crippen LogP contribution < -0.4 is 5.73 Å². The molecule has 0 fully saturated rings. The van der Waals surface area contributed by atoms with Crippen LogP contribution in [0.15, 0.2) is 16.5 Å². The Morgan fingerprint density at radius 1 is 1.60 bits per heavy atom. The molecule has 0 aliphatic rings. The van der Waals surface area contributed by atoms with Crippen molar-refractivity contribution < 1.29 is 9.15 Å². The van der Waals surface area contributed by atoms with E-state index in [0.29, 0.717) is 5.76 Å². The molecular formula is C7H11NO2. The Bertz CT molecular complexity index is 207. The van der Waals surface area contributed by atoms with Crippen molar-refractivity contribution in [2.24, 2.45) is 5.73 Å². The summed E-state index contributed by atoms with van der Waals surface area (Å²) in [6, 6.07) is 3.66. The molecule has 1 rings (SSSR count). The van der Waals surface area contributed by atoms with E-state index in [1.807, 2.05) is 19.1 Å². The predicted octanol–water partition coefficient (Wildman–Crippen LogP) is 1.19. The average molecular weight is 141 g/mol. The number of hydrogen-bond acceptors (Lipinski definition) is 3. The summed E-state index contributed by atoms with van der Waals surface area (Å²) in [5.74, 6) is 1.52. The fourth-order valence-corrected chi connectivity index (χ4v) is 0.722. The van der Waals surface area contributed by atoms with Crippen LogP contribution in [0.5, 0.6) is 0 Å². The molecule has 3 heteroatoms. The Balaban J connectivity index is 2.74. The normalized spacial score (nSPS) is 13.5. The van der Waals surface area contributed by atoms with Crippen molar-refractivity contribution in [3.8, 4) is 0 Å². The fraction of sp³-hybridized carbons (Fsp3) is 0.429. The summed E-state index contributed by atoms with van der Waals surface area (Å²) in [6.45, 7) is 1.87. The second-order valence-electron chi connectivity index (χ2n) is 2.10. The summed E-state index contributed by atoms with van der Waals surface area (Å²) in [4.78, 5) is 0. The predicted molar refractivity (Wildman–Crippen MR) is 37.4 cm³/mol. The first-order valence-corrected chi connectivity index (χ1v) is 3.08. The number of methoxy groups -OCH3 is 1. The zero-order valence-corrected chi connectivity index (χ0v) is 6.13. The molecule has 1 heterocycles. The van der Waals surface area contributed by atoms with Crippen LogP contribution >= 0.6 is 0 Å². The molecular weight excluding hydrogens is 130 g/mol. The molecule has 0 saturated heterocycles. The molecule has 2 N–H and O–H groups in total. The third kappa shape index (κ3) is 1.37. The van der Waals surface area contributed by atoms with Gasteiger partial charge in [0, 0.05) is 7.11 Å². The molecule has 1 unspecified atom stereocenters. The highest BCUT2D eigenvalue weighted by molar-refractivity contribution is 5.07. The first kappa shape index (κ1) is 7.31. The van der Waals surface area contributed by atoms with Gasteiger partial charge in [-0.15, -0.1) is 0 Å². The lowest BCUT2D eigenvalue weighted by Crippen LogP contribution is -2.10. The van der Waals surface area contributed by atoms with Gasteiger partial charge in [-0.2, -0.15) is 0 Å². The van der Waals surface area contributed by atoms with Crippen LogP contribution in [0.1, 0.15) is 17.7 Å². The minimum absolute atomic E-state index is 0.436. The van der Waals surface area contributed by atoms with Crippen LogP contribution in [-0.2, 0) is 4.74 Å². The van der Waals surface area contributed by atoms with Crippen LogP contribution in [0.25, 0.3) is 0 Å². The molecule has 0 spiro atoms. The second kappa shape index (κ2) is 2.86. The van der Waals surface area contributed by atoms with E-state index in [4.69, 9.17) is 14.9 Å². The van der Waals surface area contributed by atoms with E-state index in [1.165, 1.54) is 0 Å². The molecule has 0 saturated carbocycles. The minimum atomic E-state index is -0.436. The molecule has 0 bridgehead atoms. The number of aryl methyl sites for hydroxylation is 1. The molecule has 10 heavy (non-hydrogen) atoms. The largest absolute Gasteiger partial charge is 0.462 e. The number of ether oxygens (including phenoxy) is 1. The lowest BCUT2D eigenvalue weighted by molar-refractivity contribution is 0.0887. The van der Waals surface area contributed by atoms with Gasteiger partial charge in [0.25, 0.3) is 0 Å². The van der Waals surface area contributed by atoms with Crippen molar-refractivity contribution in [2.75, 3.05) is 7.11 Å². The van der Waals surface area contributed by atoms with Crippen molar-refractivity contribution in [1.29, 1.82) is 0 Å². The summed E-state index contributed by atoms with van der Waals surface area (Å²) < 4.78 is 10.0. The van der Waals surface area contributed by atoms with Gasteiger partial charge in [0.15, 0.2) is 6.23 Å². The smallest absolute Gasteiger partial charge is 0.164 e. The highest BCUT2D eigenvalue weighted by atomic mass is 16.5. The Labute approximate surface area is 59.8 Å². The van der Waals surface area contributed by atoms with Crippen LogP contribution in [0.4, 0.5) is 0 Å². The maximum Gasteiger partial charge on any atom is 0.164 e. The van der Waals surface area contributed by atoms with E-state index in [9.17, 15) is 0 Å². The first-order valence-electron chi connectivity index (χ1n) is 3.08. The summed E-state index contributed by atoms with van der Waals surface area (Å²) in [5, 5.41) is 0. The van der Waals surface area contributed by atoms with Gasteiger partial charge in [-0.1, -0.05) is 0 Å². The van der Waals surface area contributed by atoms with Gasteiger partial charge >= 0.3 is 0 Å². The maximum absolute atomic E-state index is 5.49. The highest BCUT2D eigenvalue weighted by Crippen LogP contribution is 2.13. The summed E-state index contributed by atoms with van der Waals surface area (Å²) in [6.07, 6.45) is -0.436. The first-order chi connectivity index (χ1) is 4.74. The zero-order chi connectivity index (χ0) is 7.56. The Kier molecular flexibility index (Phi) is 2.09. The molecule has 0 aliphatic heterocycles. The van der Waals surface area contributed by atoms with Crippen molar-refractivity contribution in [2.45, 2.75) is 13.2 Å². The van der Waals surface area contributed by atoms with E-state index in [-0.39, 0.29) is 0 Å². The topological polar surface area (TPSA) is 48.4 Å². The van der Waals surface area contributed by atoms with E-state index in [2.05, 4.69) is 0 Å². The summed E-state index contributed by atoms with van der Waals surface area (Å²) in [7, 11) is 1.54. The maximum atomic E-state index is 5.49. The van der Waals surface area contributed by atoms with Crippen molar-refractivity contribution in [3.05, 3.63) is 23.7 Å². The molecule has 0 aromatic carbocycles. The van der Waals surface area contributed by atoms with E-state index >= 15 is 0 Å². The van der Waals surface area contributed by atoms with Gasteiger partial charge in [0.1, 0.15) is 11.5 Å². The lowest BCUT2D eigenvalue weighted by Gasteiger charge is -2.03. The number of furan rings is 1. The zero-order valence-electron chi connectivity index (χ0n) is 6.13. The number of rotatable bonds is 2. The second-order valence-corrected chi connectivity index (χ2v) is 2.10. The third-order valence-corrected chi connectivity index (χ3v) is 1.30. The molecule has 56 valence electrons. The molecule has 0 aliphatic carbocycles. The SMILES string of the molecule is COC(N)c1ccc(C)o1. The van der Waals surface area contributed by atoms with E-state index in [0.717, 1.165) is 5.76 Å². The molecule has 1 aromatic heterocycles. The Morgan fingerprint density at radius 2 is 2.30 bits per heavy atom. The van der Waals surface area contributed by atoms with Crippen molar-refractivity contribution in [3.63, 3.8) is 0 Å². The van der Waals surface area contributed by atoms with Gasteiger partial charge in [0.2, 0.25) is 0 Å². The van der Waals surface area contributed by atoms with Crippen LogP contribution in [0.3, 0.4) is 0 Å². The third-order valence-electron chi connectivity index (χ3n) is 1.30. The van der Waals surface area contributed by atoms with Gasteiger partial charge in [-0.05, 0) is 19.1 Å². The van der Waals surface area contributed by atoms with Crippen LogP contribution in [-0.4, -0.2) is 7.11 Å². The quantitative estimate of drug-likeness (QED) is 0.629. The van der Waals surface area contributed by atoms with Crippen LogP contribution in [0, 0.1) is 6.92 Å². The van der Waals surface area contributed by atoms with Gasteiger partial charge in [0.05, 0.1) is 0 Å². The molecule has 0 radical (unpaired) electrons. The molecule has 0 amide bonds. The standard InChI is InChI=1S/C7H11NO2/c1-5-3-4-6(10-5)7(8)9-2/h3-4,7H,8H2,1-2H3. The summed E-state index contributed by atoms with van der Waals surface area (Å²) >= 11 is 0. The Morgan fingerprint density at radius 3 is 2.70 bits per heavy atom. The van der Waals surface area contributed by atoms with Gasteiger partial charge in [-0.3, -0.25) is 5.73 Å². The lowest BCUT2D eigenvalue weighted by atomic mass is 10.4.